The number of pyridine rings is 1. The van der Waals surface area contributed by atoms with Crippen LogP contribution >= 0.6 is 0 Å². The van der Waals surface area contributed by atoms with Gasteiger partial charge in [0.05, 0.1) is 12.0 Å². The number of aromatic nitrogens is 3. The fourth-order valence-corrected chi connectivity index (χ4v) is 1.89. The van der Waals surface area contributed by atoms with Crippen LogP contribution in [0.3, 0.4) is 0 Å². The molecule has 1 aliphatic carbocycles. The summed E-state index contributed by atoms with van der Waals surface area (Å²) in [6.07, 6.45) is 7.09. The van der Waals surface area contributed by atoms with Crippen LogP contribution in [0.2, 0.25) is 0 Å². The Morgan fingerprint density at radius 1 is 1.38 bits per heavy atom. The predicted octanol–water partition coefficient (Wildman–Crippen LogP) is 1.71. The van der Waals surface area contributed by atoms with Crippen molar-refractivity contribution in [1.29, 1.82) is 0 Å². The molecule has 0 atom stereocenters. The summed E-state index contributed by atoms with van der Waals surface area (Å²) in [5, 5.41) is 0. The van der Waals surface area contributed by atoms with Gasteiger partial charge in [-0.25, -0.2) is 4.98 Å². The highest BCUT2D eigenvalue weighted by Crippen LogP contribution is 2.41. The molecule has 0 radical (unpaired) electrons. The molecule has 1 aliphatic rings. The molecule has 16 heavy (non-hydrogen) atoms. The summed E-state index contributed by atoms with van der Waals surface area (Å²) in [6, 6.07) is 3.79. The molecule has 80 valence electrons. The second-order valence-electron chi connectivity index (χ2n) is 4.01. The van der Waals surface area contributed by atoms with Gasteiger partial charge < -0.3 is 4.98 Å². The molecule has 4 nitrogen and oxygen atoms in total. The highest BCUT2D eigenvalue weighted by molar-refractivity contribution is 5.62. The third kappa shape index (κ3) is 1.52. The quantitative estimate of drug-likeness (QED) is 0.826. The Balaban J connectivity index is 2.20. The van der Waals surface area contributed by atoms with Gasteiger partial charge in [0.25, 0.3) is 5.56 Å². The molecule has 2 heterocycles. The first-order chi connectivity index (χ1) is 7.86. The van der Waals surface area contributed by atoms with Gasteiger partial charge in [-0.05, 0) is 30.9 Å². The van der Waals surface area contributed by atoms with Crippen molar-refractivity contribution in [1.82, 2.24) is 15.0 Å². The van der Waals surface area contributed by atoms with Crippen molar-refractivity contribution in [2.24, 2.45) is 0 Å². The van der Waals surface area contributed by atoms with Crippen LogP contribution in [0.15, 0.2) is 35.6 Å². The molecule has 0 amide bonds. The monoisotopic (exact) mass is 213 g/mol. The van der Waals surface area contributed by atoms with Crippen LogP contribution < -0.4 is 5.56 Å². The lowest BCUT2D eigenvalue weighted by atomic mass is 10.1. The fourth-order valence-electron chi connectivity index (χ4n) is 1.89. The standard InChI is InChI=1S/C12H11N3O/c16-12-10(8-3-4-8)11(14-7-15-12)9-2-1-5-13-6-9/h1-2,5-8H,3-4H2,(H,14,15,16). The molecule has 4 heteroatoms. The van der Waals surface area contributed by atoms with E-state index in [9.17, 15) is 4.79 Å². The number of hydrogen-bond donors (Lipinski definition) is 1. The zero-order valence-electron chi connectivity index (χ0n) is 8.68. The minimum Gasteiger partial charge on any atom is -0.313 e. The van der Waals surface area contributed by atoms with Crippen molar-refractivity contribution >= 4 is 0 Å². The zero-order chi connectivity index (χ0) is 11.0. The van der Waals surface area contributed by atoms with E-state index in [4.69, 9.17) is 0 Å². The van der Waals surface area contributed by atoms with Crippen LogP contribution in [0.1, 0.15) is 24.3 Å². The van der Waals surface area contributed by atoms with E-state index in [-0.39, 0.29) is 5.56 Å². The van der Waals surface area contributed by atoms with Gasteiger partial charge in [-0.1, -0.05) is 0 Å². The first-order valence-corrected chi connectivity index (χ1v) is 5.34. The maximum Gasteiger partial charge on any atom is 0.254 e. The molecule has 0 saturated heterocycles. The molecule has 1 saturated carbocycles. The minimum absolute atomic E-state index is 0.0173. The van der Waals surface area contributed by atoms with Gasteiger partial charge in [0.1, 0.15) is 0 Å². The third-order valence-corrected chi connectivity index (χ3v) is 2.81. The highest BCUT2D eigenvalue weighted by Gasteiger charge is 2.29. The second kappa shape index (κ2) is 3.56. The molecule has 2 aromatic rings. The van der Waals surface area contributed by atoms with E-state index in [1.807, 2.05) is 12.1 Å². The summed E-state index contributed by atoms with van der Waals surface area (Å²) in [5.41, 5.74) is 2.49. The van der Waals surface area contributed by atoms with Crippen LogP contribution in [0.5, 0.6) is 0 Å². The molecule has 0 aromatic carbocycles. The lowest BCUT2D eigenvalue weighted by Crippen LogP contribution is -2.14. The second-order valence-corrected chi connectivity index (χ2v) is 4.01. The van der Waals surface area contributed by atoms with Crippen LogP contribution in [-0.4, -0.2) is 15.0 Å². The summed E-state index contributed by atoms with van der Waals surface area (Å²) in [4.78, 5) is 22.8. The van der Waals surface area contributed by atoms with E-state index in [1.54, 1.807) is 12.4 Å². The molecular weight excluding hydrogens is 202 g/mol. The van der Waals surface area contributed by atoms with Gasteiger partial charge in [0, 0.05) is 23.5 Å². The third-order valence-electron chi connectivity index (χ3n) is 2.81. The molecule has 3 rings (SSSR count). The maximum atomic E-state index is 11.8. The number of H-pyrrole nitrogens is 1. The van der Waals surface area contributed by atoms with E-state index >= 15 is 0 Å². The van der Waals surface area contributed by atoms with Gasteiger partial charge in [-0.15, -0.1) is 0 Å². The average Bonchev–Trinajstić information content (AvgIpc) is 3.14. The Morgan fingerprint density at radius 3 is 2.94 bits per heavy atom. The Hall–Kier alpha value is -1.97. The summed E-state index contributed by atoms with van der Waals surface area (Å²) in [7, 11) is 0. The van der Waals surface area contributed by atoms with Crippen molar-refractivity contribution in [3.05, 3.63) is 46.8 Å². The number of nitrogens with zero attached hydrogens (tertiary/aromatic N) is 2. The normalized spacial score (nSPS) is 15.0. The minimum atomic E-state index is -0.0173. The Labute approximate surface area is 92.4 Å². The van der Waals surface area contributed by atoms with E-state index < -0.39 is 0 Å². The molecule has 1 N–H and O–H groups in total. The maximum absolute atomic E-state index is 11.8. The molecule has 0 spiro atoms. The molecule has 1 fully saturated rings. The summed E-state index contributed by atoms with van der Waals surface area (Å²) in [6.45, 7) is 0. The highest BCUT2D eigenvalue weighted by atomic mass is 16.1. The number of rotatable bonds is 2. The van der Waals surface area contributed by atoms with Crippen LogP contribution in [0.25, 0.3) is 11.3 Å². The fraction of sp³-hybridized carbons (Fsp3) is 0.250. The van der Waals surface area contributed by atoms with E-state index in [0.29, 0.717) is 5.92 Å². The molecule has 0 aliphatic heterocycles. The largest absolute Gasteiger partial charge is 0.313 e. The summed E-state index contributed by atoms with van der Waals surface area (Å²) >= 11 is 0. The van der Waals surface area contributed by atoms with Crippen LogP contribution in [-0.2, 0) is 0 Å². The van der Waals surface area contributed by atoms with Gasteiger partial charge in [-0.2, -0.15) is 0 Å². The summed E-state index contributed by atoms with van der Waals surface area (Å²) < 4.78 is 0. The van der Waals surface area contributed by atoms with Crippen molar-refractivity contribution < 1.29 is 0 Å². The lowest BCUT2D eigenvalue weighted by Gasteiger charge is -2.05. The lowest BCUT2D eigenvalue weighted by molar-refractivity contribution is 0.999. The molecular formula is C12H11N3O. The Morgan fingerprint density at radius 2 is 2.25 bits per heavy atom. The van der Waals surface area contributed by atoms with Crippen molar-refractivity contribution in [3.63, 3.8) is 0 Å². The first kappa shape index (κ1) is 9.27. The average molecular weight is 213 g/mol. The van der Waals surface area contributed by atoms with Gasteiger partial charge in [0.2, 0.25) is 0 Å². The van der Waals surface area contributed by atoms with E-state index in [1.165, 1.54) is 6.33 Å². The molecule has 2 aromatic heterocycles. The van der Waals surface area contributed by atoms with E-state index in [0.717, 1.165) is 29.7 Å². The predicted molar refractivity (Wildman–Crippen MR) is 60.1 cm³/mol. The van der Waals surface area contributed by atoms with Gasteiger partial charge in [-0.3, -0.25) is 9.78 Å². The van der Waals surface area contributed by atoms with Crippen molar-refractivity contribution in [2.45, 2.75) is 18.8 Å². The van der Waals surface area contributed by atoms with Crippen molar-refractivity contribution in [2.75, 3.05) is 0 Å². The van der Waals surface area contributed by atoms with Crippen LogP contribution in [0, 0.1) is 0 Å². The Bertz CT molecular complexity index is 558. The van der Waals surface area contributed by atoms with Gasteiger partial charge >= 0.3 is 0 Å². The summed E-state index contributed by atoms with van der Waals surface area (Å²) in [5.74, 6) is 0.382. The molecule has 0 unspecified atom stereocenters. The smallest absolute Gasteiger partial charge is 0.254 e. The molecule has 0 bridgehead atoms. The Kier molecular flexibility index (Phi) is 2.06. The van der Waals surface area contributed by atoms with Crippen molar-refractivity contribution in [3.8, 4) is 11.3 Å². The number of hydrogen-bond acceptors (Lipinski definition) is 3. The zero-order valence-corrected chi connectivity index (χ0v) is 8.68. The van der Waals surface area contributed by atoms with E-state index in [2.05, 4.69) is 15.0 Å². The van der Waals surface area contributed by atoms with Gasteiger partial charge in [0.15, 0.2) is 0 Å². The first-order valence-electron chi connectivity index (χ1n) is 5.34. The van der Waals surface area contributed by atoms with Crippen LogP contribution in [0.4, 0.5) is 0 Å². The number of aromatic amines is 1. The topological polar surface area (TPSA) is 58.6 Å². The number of nitrogens with one attached hydrogen (secondary N) is 1. The SMILES string of the molecule is O=c1[nH]cnc(-c2cccnc2)c1C1CC1.